The summed E-state index contributed by atoms with van der Waals surface area (Å²) in [6, 6.07) is 11.0. The van der Waals surface area contributed by atoms with E-state index in [9.17, 15) is 9.59 Å². The highest BCUT2D eigenvalue weighted by atomic mass is 35.5. The molecule has 0 bridgehead atoms. The molecule has 156 valence electrons. The minimum atomic E-state index is -0.680. The van der Waals surface area contributed by atoms with Crippen LogP contribution >= 0.6 is 23.4 Å². The standard InChI is InChI=1S/C22H23ClN4O2S/c23-15-3-1-2-13(8-15)12-26-21-22(4-6-30-7-5-22)11-14-9-16(19(24)28)17(20(25)29)10-18(14)27-21/h1-3,8-10H,4-7,11-12H2,(H2,24,28)(H2,25,29)(H,26,27). The van der Waals surface area contributed by atoms with E-state index in [0.717, 1.165) is 53.4 Å². The summed E-state index contributed by atoms with van der Waals surface area (Å²) in [5.74, 6) is 1.68. The lowest BCUT2D eigenvalue weighted by molar-refractivity contribution is 0.0967. The van der Waals surface area contributed by atoms with Crippen molar-refractivity contribution in [3.63, 3.8) is 0 Å². The molecule has 0 radical (unpaired) electrons. The summed E-state index contributed by atoms with van der Waals surface area (Å²) in [6.07, 6.45) is 2.72. The molecule has 0 aromatic heterocycles. The van der Waals surface area contributed by atoms with E-state index in [1.54, 1.807) is 12.1 Å². The maximum atomic E-state index is 11.9. The summed E-state index contributed by atoms with van der Waals surface area (Å²) in [4.78, 5) is 28.7. The quantitative estimate of drug-likeness (QED) is 0.671. The van der Waals surface area contributed by atoms with Crippen LogP contribution in [0.3, 0.4) is 0 Å². The molecular formula is C22H23ClN4O2S. The Morgan fingerprint density at radius 2 is 1.80 bits per heavy atom. The molecule has 5 N–H and O–H groups in total. The molecule has 2 aliphatic rings. The van der Waals surface area contributed by atoms with Gasteiger partial charge in [0.1, 0.15) is 5.84 Å². The zero-order valence-electron chi connectivity index (χ0n) is 16.4. The highest BCUT2D eigenvalue weighted by Crippen LogP contribution is 2.44. The van der Waals surface area contributed by atoms with Gasteiger partial charge in [-0.15, -0.1) is 0 Å². The second-order valence-corrected chi connectivity index (χ2v) is 9.43. The number of thioether (sulfide) groups is 1. The van der Waals surface area contributed by atoms with Crippen molar-refractivity contribution in [1.82, 2.24) is 0 Å². The van der Waals surface area contributed by atoms with Gasteiger partial charge in [0.15, 0.2) is 0 Å². The number of halogens is 1. The molecule has 30 heavy (non-hydrogen) atoms. The van der Waals surface area contributed by atoms with Crippen LogP contribution in [0.15, 0.2) is 41.4 Å². The van der Waals surface area contributed by atoms with Crippen molar-refractivity contribution >= 4 is 46.7 Å². The first-order valence-corrected chi connectivity index (χ1v) is 11.3. The second-order valence-electron chi connectivity index (χ2n) is 7.77. The Hall–Kier alpha value is -2.51. The fourth-order valence-corrected chi connectivity index (χ4v) is 5.70. The number of carbonyl (C=O) groups excluding carboxylic acids is 2. The number of primary amides is 2. The number of nitrogens with zero attached hydrogens (tertiary/aromatic N) is 1. The molecule has 2 heterocycles. The van der Waals surface area contributed by atoms with Gasteiger partial charge in [-0.25, -0.2) is 0 Å². The van der Waals surface area contributed by atoms with Gasteiger partial charge < -0.3 is 16.8 Å². The van der Waals surface area contributed by atoms with Crippen LogP contribution in [-0.2, 0) is 13.0 Å². The van der Waals surface area contributed by atoms with Gasteiger partial charge in [-0.1, -0.05) is 23.7 Å². The van der Waals surface area contributed by atoms with E-state index in [4.69, 9.17) is 28.1 Å². The summed E-state index contributed by atoms with van der Waals surface area (Å²) in [5, 5.41) is 4.14. The van der Waals surface area contributed by atoms with E-state index in [-0.39, 0.29) is 16.5 Å². The fraction of sp³-hybridized carbons (Fsp3) is 0.318. The number of fused-ring (bicyclic) bond motifs is 1. The topological polar surface area (TPSA) is 111 Å². The van der Waals surface area contributed by atoms with Crippen LogP contribution in [0.4, 0.5) is 5.69 Å². The number of hydrogen-bond donors (Lipinski definition) is 3. The molecule has 1 spiro atoms. The van der Waals surface area contributed by atoms with Crippen molar-refractivity contribution in [3.05, 3.63) is 63.7 Å². The Kier molecular flexibility index (Phi) is 5.75. The molecule has 0 aliphatic carbocycles. The molecule has 6 nitrogen and oxygen atoms in total. The molecule has 1 fully saturated rings. The fourth-order valence-electron chi connectivity index (χ4n) is 4.21. The maximum Gasteiger partial charge on any atom is 0.249 e. The van der Waals surface area contributed by atoms with Gasteiger partial charge >= 0.3 is 0 Å². The average Bonchev–Trinajstić information content (AvgIpc) is 2.72. The Morgan fingerprint density at radius 3 is 2.47 bits per heavy atom. The molecule has 2 aromatic carbocycles. The number of anilines is 1. The van der Waals surface area contributed by atoms with Gasteiger partial charge in [0.25, 0.3) is 0 Å². The number of nitrogens with one attached hydrogen (secondary N) is 1. The van der Waals surface area contributed by atoms with Crippen LogP contribution in [-0.4, -0.2) is 29.2 Å². The van der Waals surface area contributed by atoms with Crippen LogP contribution in [0.1, 0.15) is 44.7 Å². The van der Waals surface area contributed by atoms with Crippen molar-refractivity contribution in [2.24, 2.45) is 21.9 Å². The van der Waals surface area contributed by atoms with Crippen molar-refractivity contribution in [3.8, 4) is 0 Å². The molecule has 8 heteroatoms. The number of benzene rings is 2. The molecule has 0 atom stereocenters. The number of hydrogen-bond acceptors (Lipinski definition) is 4. The summed E-state index contributed by atoms with van der Waals surface area (Å²) in [7, 11) is 0. The highest BCUT2D eigenvalue weighted by molar-refractivity contribution is 7.99. The third-order valence-electron chi connectivity index (χ3n) is 5.82. The van der Waals surface area contributed by atoms with Gasteiger partial charge in [-0.2, -0.15) is 11.8 Å². The van der Waals surface area contributed by atoms with Crippen molar-refractivity contribution < 1.29 is 9.59 Å². The molecular weight excluding hydrogens is 420 g/mol. The number of amidine groups is 1. The number of amides is 2. The van der Waals surface area contributed by atoms with E-state index in [1.165, 1.54) is 0 Å². The minimum Gasteiger partial charge on any atom is -0.366 e. The first-order chi connectivity index (χ1) is 14.4. The van der Waals surface area contributed by atoms with E-state index < -0.39 is 11.8 Å². The molecule has 4 rings (SSSR count). The van der Waals surface area contributed by atoms with Gasteiger partial charge in [0.05, 0.1) is 17.7 Å². The average molecular weight is 443 g/mol. The SMILES string of the molecule is NC(=O)c1cc2c(cc1C(N)=O)NC(=NCc1cccc(Cl)c1)C1(CCSCC1)C2. The summed E-state index contributed by atoms with van der Waals surface area (Å²) in [6.45, 7) is 0.509. The molecule has 2 aliphatic heterocycles. The monoisotopic (exact) mass is 442 g/mol. The predicted molar refractivity (Wildman–Crippen MR) is 122 cm³/mol. The molecule has 2 aromatic rings. The lowest BCUT2D eigenvalue weighted by Gasteiger charge is -2.42. The Bertz CT molecular complexity index is 1050. The van der Waals surface area contributed by atoms with Crippen LogP contribution in [0.2, 0.25) is 5.02 Å². The first kappa shape index (κ1) is 20.8. The minimum absolute atomic E-state index is 0.123. The van der Waals surface area contributed by atoms with E-state index >= 15 is 0 Å². The van der Waals surface area contributed by atoms with Crippen molar-refractivity contribution in [2.75, 3.05) is 16.8 Å². The van der Waals surface area contributed by atoms with Crippen LogP contribution in [0.5, 0.6) is 0 Å². The molecule has 1 saturated heterocycles. The van der Waals surface area contributed by atoms with E-state index in [0.29, 0.717) is 11.6 Å². The van der Waals surface area contributed by atoms with E-state index in [2.05, 4.69) is 5.32 Å². The smallest absolute Gasteiger partial charge is 0.249 e. The normalized spacial score (nSPS) is 18.6. The number of rotatable bonds is 4. The largest absolute Gasteiger partial charge is 0.366 e. The number of carbonyl (C=O) groups is 2. The van der Waals surface area contributed by atoms with Gasteiger partial charge in [-0.3, -0.25) is 14.6 Å². The molecule has 0 unspecified atom stereocenters. The van der Waals surface area contributed by atoms with Crippen molar-refractivity contribution in [1.29, 1.82) is 0 Å². The molecule has 0 saturated carbocycles. The lowest BCUT2D eigenvalue weighted by Crippen LogP contribution is -2.45. The zero-order chi connectivity index (χ0) is 21.3. The third kappa shape index (κ3) is 4.04. The van der Waals surface area contributed by atoms with Crippen molar-refractivity contribution in [2.45, 2.75) is 25.8 Å². The predicted octanol–water partition coefficient (Wildman–Crippen LogP) is 3.62. The lowest BCUT2D eigenvalue weighted by atomic mass is 9.72. The van der Waals surface area contributed by atoms with Gasteiger partial charge in [0.2, 0.25) is 11.8 Å². The van der Waals surface area contributed by atoms with Gasteiger partial charge in [0, 0.05) is 16.1 Å². The van der Waals surface area contributed by atoms with Crippen LogP contribution in [0.25, 0.3) is 0 Å². The number of nitrogens with two attached hydrogens (primary N) is 2. The zero-order valence-corrected chi connectivity index (χ0v) is 18.0. The van der Waals surface area contributed by atoms with Gasteiger partial charge in [-0.05, 0) is 66.2 Å². The Balaban J connectivity index is 1.75. The highest BCUT2D eigenvalue weighted by Gasteiger charge is 2.41. The van der Waals surface area contributed by atoms with Crippen LogP contribution < -0.4 is 16.8 Å². The summed E-state index contributed by atoms with van der Waals surface area (Å²) >= 11 is 8.06. The number of aliphatic imine (C=N–C) groups is 1. The Labute approximate surface area is 184 Å². The molecule has 2 amide bonds. The van der Waals surface area contributed by atoms with E-state index in [1.807, 2.05) is 36.0 Å². The maximum absolute atomic E-state index is 11.9. The Morgan fingerprint density at radius 1 is 1.10 bits per heavy atom. The first-order valence-electron chi connectivity index (χ1n) is 9.79. The summed E-state index contributed by atoms with van der Waals surface area (Å²) in [5.41, 5.74) is 13.9. The van der Waals surface area contributed by atoms with Crippen LogP contribution in [0, 0.1) is 5.41 Å². The third-order valence-corrected chi connectivity index (χ3v) is 7.04. The summed E-state index contributed by atoms with van der Waals surface area (Å²) < 4.78 is 0. The second kappa shape index (κ2) is 8.32.